The Kier molecular flexibility index (Phi) is 7.09. The highest BCUT2D eigenvalue weighted by Crippen LogP contribution is 2.28. The molecular weight excluding hydrogens is 431 g/mol. The van der Waals surface area contributed by atoms with Gasteiger partial charge in [0.2, 0.25) is 5.91 Å². The molecular formula is C17H29IN6O. The number of carbonyl (C=O) groups is 1. The Bertz CT molecular complexity index is 610. The molecule has 7 nitrogen and oxygen atoms in total. The molecule has 0 aromatic carbocycles. The molecule has 0 atom stereocenters. The van der Waals surface area contributed by atoms with E-state index in [1.54, 1.807) is 7.05 Å². The number of nitrogens with zero attached hydrogens (tertiary/aromatic N) is 5. The molecule has 0 unspecified atom stereocenters. The van der Waals surface area contributed by atoms with Crippen LogP contribution < -0.4 is 5.32 Å². The number of guanidine groups is 1. The molecule has 1 aliphatic carbocycles. The highest BCUT2D eigenvalue weighted by atomic mass is 127. The van der Waals surface area contributed by atoms with Crippen molar-refractivity contribution >= 4 is 35.8 Å². The van der Waals surface area contributed by atoms with Crippen LogP contribution in [0.25, 0.3) is 0 Å². The summed E-state index contributed by atoms with van der Waals surface area (Å²) in [7, 11) is 1.76. The van der Waals surface area contributed by atoms with Gasteiger partial charge in [-0.05, 0) is 18.8 Å². The zero-order chi connectivity index (χ0) is 17.1. The van der Waals surface area contributed by atoms with Gasteiger partial charge in [-0.1, -0.05) is 13.8 Å². The van der Waals surface area contributed by atoms with Gasteiger partial charge in [-0.2, -0.15) is 0 Å². The standard InChI is InChI=1S/C17H28N6O.HI/c1-13(2)11-21-7-6-19-15(21)10-20-17(18-3)22-8-9-23(14-4-5-14)16(24)12-22;/h6-7,13-14H,4-5,8-12H2,1-3H3,(H,18,20);1H. The van der Waals surface area contributed by atoms with Crippen LogP contribution in [0.1, 0.15) is 32.5 Å². The number of rotatable bonds is 5. The topological polar surface area (TPSA) is 65.8 Å². The van der Waals surface area contributed by atoms with Crippen molar-refractivity contribution in [2.45, 2.75) is 45.8 Å². The van der Waals surface area contributed by atoms with Gasteiger partial charge < -0.3 is 19.7 Å². The molecule has 2 fully saturated rings. The summed E-state index contributed by atoms with van der Waals surface area (Å²) >= 11 is 0. The molecule has 1 aliphatic heterocycles. The van der Waals surface area contributed by atoms with Crippen molar-refractivity contribution in [2.24, 2.45) is 10.9 Å². The minimum Gasteiger partial charge on any atom is -0.349 e. The number of hydrogen-bond acceptors (Lipinski definition) is 3. The number of carbonyl (C=O) groups excluding carboxylic acids is 1. The first kappa shape index (κ1) is 20.0. The molecule has 8 heteroatoms. The van der Waals surface area contributed by atoms with Crippen molar-refractivity contribution in [1.82, 2.24) is 24.7 Å². The fourth-order valence-electron chi connectivity index (χ4n) is 3.20. The molecule has 1 amide bonds. The van der Waals surface area contributed by atoms with Crippen LogP contribution in [0, 0.1) is 5.92 Å². The first-order chi connectivity index (χ1) is 11.6. The van der Waals surface area contributed by atoms with Gasteiger partial charge in [-0.3, -0.25) is 9.79 Å². The Morgan fingerprint density at radius 3 is 2.76 bits per heavy atom. The van der Waals surface area contributed by atoms with Gasteiger partial charge in [0, 0.05) is 45.1 Å². The highest BCUT2D eigenvalue weighted by Gasteiger charge is 2.36. The molecule has 2 heterocycles. The fraction of sp³-hybridized carbons (Fsp3) is 0.706. The molecule has 140 valence electrons. The Morgan fingerprint density at radius 2 is 2.16 bits per heavy atom. The maximum absolute atomic E-state index is 12.3. The minimum absolute atomic E-state index is 0. The van der Waals surface area contributed by atoms with E-state index < -0.39 is 0 Å². The summed E-state index contributed by atoms with van der Waals surface area (Å²) in [5.41, 5.74) is 0. The van der Waals surface area contributed by atoms with Crippen molar-refractivity contribution in [3.05, 3.63) is 18.2 Å². The zero-order valence-electron chi connectivity index (χ0n) is 15.3. The van der Waals surface area contributed by atoms with E-state index in [0.717, 1.165) is 44.3 Å². The third-order valence-electron chi connectivity index (χ3n) is 4.52. The molecule has 2 aliphatic rings. The van der Waals surface area contributed by atoms with Crippen LogP contribution in [0.5, 0.6) is 0 Å². The average molecular weight is 460 g/mol. The predicted octanol–water partition coefficient (Wildman–Crippen LogP) is 1.54. The van der Waals surface area contributed by atoms with Crippen LogP contribution in [-0.4, -0.2) is 63.9 Å². The molecule has 0 radical (unpaired) electrons. The smallest absolute Gasteiger partial charge is 0.242 e. The second-order valence-electron chi connectivity index (χ2n) is 7.03. The van der Waals surface area contributed by atoms with Crippen molar-refractivity contribution in [3.8, 4) is 0 Å². The van der Waals surface area contributed by atoms with E-state index in [1.807, 2.05) is 22.2 Å². The van der Waals surface area contributed by atoms with Crippen LogP contribution >= 0.6 is 24.0 Å². The van der Waals surface area contributed by atoms with Crippen LogP contribution in [0.15, 0.2) is 17.4 Å². The molecule has 1 aromatic heterocycles. The summed E-state index contributed by atoms with van der Waals surface area (Å²) < 4.78 is 2.17. The molecule has 1 aromatic rings. The quantitative estimate of drug-likeness (QED) is 0.412. The SMILES string of the molecule is CN=C(NCc1nccn1CC(C)C)N1CCN(C2CC2)C(=O)C1.I. The summed E-state index contributed by atoms with van der Waals surface area (Å²) in [4.78, 5) is 25.1. The Labute approximate surface area is 166 Å². The first-order valence-electron chi connectivity index (χ1n) is 8.83. The number of halogens is 1. The summed E-state index contributed by atoms with van der Waals surface area (Å²) in [6.45, 7) is 8.00. The van der Waals surface area contributed by atoms with Gasteiger partial charge in [-0.15, -0.1) is 24.0 Å². The summed E-state index contributed by atoms with van der Waals surface area (Å²) in [6.07, 6.45) is 6.17. The maximum atomic E-state index is 12.3. The molecule has 3 rings (SSSR count). The maximum Gasteiger partial charge on any atom is 0.242 e. The molecule has 25 heavy (non-hydrogen) atoms. The summed E-state index contributed by atoms with van der Waals surface area (Å²) in [5, 5.41) is 3.36. The molecule has 0 spiro atoms. The van der Waals surface area contributed by atoms with Gasteiger partial charge in [0.05, 0.1) is 13.1 Å². The second-order valence-corrected chi connectivity index (χ2v) is 7.03. The highest BCUT2D eigenvalue weighted by molar-refractivity contribution is 14.0. The Balaban J connectivity index is 0.00000225. The van der Waals surface area contributed by atoms with Crippen LogP contribution in [0.4, 0.5) is 0 Å². The monoisotopic (exact) mass is 460 g/mol. The van der Waals surface area contributed by atoms with Gasteiger partial charge in [0.15, 0.2) is 5.96 Å². The van der Waals surface area contributed by atoms with Gasteiger partial charge >= 0.3 is 0 Å². The number of imidazole rings is 1. The van der Waals surface area contributed by atoms with Gasteiger partial charge in [-0.25, -0.2) is 4.98 Å². The second kappa shape index (κ2) is 8.86. The third-order valence-corrected chi connectivity index (χ3v) is 4.52. The van der Waals surface area contributed by atoms with E-state index >= 15 is 0 Å². The van der Waals surface area contributed by atoms with Crippen molar-refractivity contribution in [1.29, 1.82) is 0 Å². The van der Waals surface area contributed by atoms with E-state index in [9.17, 15) is 4.79 Å². The number of hydrogen-bond donors (Lipinski definition) is 1. The van der Waals surface area contributed by atoms with E-state index in [1.165, 1.54) is 0 Å². The van der Waals surface area contributed by atoms with Crippen molar-refractivity contribution in [3.63, 3.8) is 0 Å². The molecule has 1 saturated heterocycles. The number of amides is 1. The number of nitrogens with one attached hydrogen (secondary N) is 1. The van der Waals surface area contributed by atoms with Gasteiger partial charge in [0.1, 0.15) is 5.82 Å². The minimum atomic E-state index is 0. The predicted molar refractivity (Wildman–Crippen MR) is 109 cm³/mol. The lowest BCUT2D eigenvalue weighted by Crippen LogP contribution is -2.55. The first-order valence-corrected chi connectivity index (χ1v) is 8.83. The lowest BCUT2D eigenvalue weighted by Gasteiger charge is -2.36. The average Bonchev–Trinajstić information content (AvgIpc) is 3.29. The molecule has 1 N–H and O–H groups in total. The Morgan fingerprint density at radius 1 is 1.40 bits per heavy atom. The Hall–Kier alpha value is -1.32. The largest absolute Gasteiger partial charge is 0.349 e. The van der Waals surface area contributed by atoms with Crippen molar-refractivity contribution < 1.29 is 4.79 Å². The fourth-order valence-corrected chi connectivity index (χ4v) is 3.20. The number of aliphatic imine (C=N–C) groups is 1. The van der Waals surface area contributed by atoms with Crippen LogP contribution in [0.2, 0.25) is 0 Å². The number of piperazine rings is 1. The van der Waals surface area contributed by atoms with Gasteiger partial charge in [0.25, 0.3) is 0 Å². The lowest BCUT2D eigenvalue weighted by molar-refractivity contribution is -0.135. The lowest BCUT2D eigenvalue weighted by atomic mass is 10.2. The van der Waals surface area contributed by atoms with Crippen LogP contribution in [-0.2, 0) is 17.9 Å². The number of aromatic nitrogens is 2. The third kappa shape index (κ3) is 5.08. The summed E-state index contributed by atoms with van der Waals surface area (Å²) in [6, 6.07) is 0.498. The normalized spacial score (nSPS) is 18.6. The van der Waals surface area contributed by atoms with E-state index in [0.29, 0.717) is 25.0 Å². The summed E-state index contributed by atoms with van der Waals surface area (Å²) in [5.74, 6) is 2.56. The molecule has 1 saturated carbocycles. The zero-order valence-corrected chi connectivity index (χ0v) is 17.6. The van der Waals surface area contributed by atoms with Crippen molar-refractivity contribution in [2.75, 3.05) is 26.7 Å². The molecule has 0 bridgehead atoms. The van der Waals surface area contributed by atoms with Crippen LogP contribution in [0.3, 0.4) is 0 Å². The van der Waals surface area contributed by atoms with E-state index in [4.69, 9.17) is 0 Å². The van der Waals surface area contributed by atoms with E-state index in [-0.39, 0.29) is 29.9 Å². The van der Waals surface area contributed by atoms with E-state index in [2.05, 4.69) is 33.7 Å².